The van der Waals surface area contributed by atoms with Gasteiger partial charge in [-0.2, -0.15) is 9.98 Å². The van der Waals surface area contributed by atoms with Crippen molar-refractivity contribution in [3.63, 3.8) is 0 Å². The summed E-state index contributed by atoms with van der Waals surface area (Å²) in [4.78, 5) is 8.54. The Bertz CT molecular complexity index is 567. The van der Waals surface area contributed by atoms with Crippen LogP contribution in [-0.4, -0.2) is 6.01 Å². The van der Waals surface area contributed by atoms with E-state index in [1.54, 1.807) is 0 Å². The molecule has 0 atom stereocenters. The molecular formula is C17H18N2. The highest BCUT2D eigenvalue weighted by atomic mass is 14.8. The van der Waals surface area contributed by atoms with Crippen LogP contribution in [-0.2, 0) is 6.42 Å². The topological polar surface area (TPSA) is 24.7 Å². The molecular weight excluding hydrogens is 232 g/mol. The summed E-state index contributed by atoms with van der Waals surface area (Å²) in [6.45, 7) is 2.20. The number of unbranched alkanes of at least 4 members (excludes halogenated alkanes) is 1. The lowest BCUT2D eigenvalue weighted by Crippen LogP contribution is -1.84. The number of hydrogen-bond acceptors (Lipinski definition) is 2. The lowest BCUT2D eigenvalue weighted by molar-refractivity contribution is 0.795. The number of benzene rings is 2. The molecule has 0 fully saturated rings. The molecule has 0 aliphatic heterocycles. The van der Waals surface area contributed by atoms with E-state index in [-0.39, 0.29) is 0 Å². The van der Waals surface area contributed by atoms with Gasteiger partial charge in [-0.3, -0.25) is 0 Å². The summed E-state index contributed by atoms with van der Waals surface area (Å²) in [5.41, 5.74) is 3.10. The van der Waals surface area contributed by atoms with Crippen LogP contribution in [0, 0.1) is 0 Å². The molecule has 0 heterocycles. The van der Waals surface area contributed by atoms with Gasteiger partial charge in [0.2, 0.25) is 0 Å². The van der Waals surface area contributed by atoms with Gasteiger partial charge in [-0.15, -0.1) is 0 Å². The molecule has 2 nitrogen and oxygen atoms in total. The Labute approximate surface area is 114 Å². The van der Waals surface area contributed by atoms with Crippen LogP contribution in [0.5, 0.6) is 0 Å². The predicted octanol–water partition coefficient (Wildman–Crippen LogP) is 5.17. The van der Waals surface area contributed by atoms with Crippen LogP contribution in [0.1, 0.15) is 25.3 Å². The number of aryl methyl sites for hydroxylation is 1. The van der Waals surface area contributed by atoms with E-state index >= 15 is 0 Å². The quantitative estimate of drug-likeness (QED) is 0.654. The molecule has 0 N–H and O–H groups in total. The Morgan fingerprint density at radius 3 is 2.42 bits per heavy atom. The smallest absolute Gasteiger partial charge is 0.100 e. The Balaban J connectivity index is 2.16. The fraction of sp³-hybridized carbons (Fsp3) is 0.235. The minimum absolute atomic E-state index is 0.872. The fourth-order valence-electron chi connectivity index (χ4n) is 1.84. The Hall–Kier alpha value is -2.18. The van der Waals surface area contributed by atoms with Crippen LogP contribution in [0.15, 0.2) is 64.6 Å². The maximum atomic E-state index is 4.34. The monoisotopic (exact) mass is 250 g/mol. The van der Waals surface area contributed by atoms with E-state index in [1.165, 1.54) is 18.4 Å². The van der Waals surface area contributed by atoms with Gasteiger partial charge in [0, 0.05) is 0 Å². The first-order chi connectivity index (χ1) is 9.40. The van der Waals surface area contributed by atoms with Crippen molar-refractivity contribution in [3.8, 4) is 0 Å². The molecule has 0 aliphatic rings. The van der Waals surface area contributed by atoms with Gasteiger partial charge in [0.25, 0.3) is 0 Å². The number of rotatable bonds is 5. The molecule has 0 aromatic heterocycles. The second kappa shape index (κ2) is 7.30. The van der Waals surface area contributed by atoms with Crippen molar-refractivity contribution in [3.05, 3.63) is 60.2 Å². The van der Waals surface area contributed by atoms with Crippen molar-refractivity contribution >= 4 is 17.4 Å². The third-order valence-electron chi connectivity index (χ3n) is 2.90. The molecule has 0 bridgehead atoms. The first-order valence-corrected chi connectivity index (χ1v) is 6.69. The minimum atomic E-state index is 0.872. The van der Waals surface area contributed by atoms with Gasteiger partial charge in [-0.25, -0.2) is 0 Å². The molecule has 2 rings (SSSR count). The van der Waals surface area contributed by atoms with Crippen LogP contribution >= 0.6 is 0 Å². The molecule has 0 radical (unpaired) electrons. The number of hydrogen-bond donors (Lipinski definition) is 0. The summed E-state index contributed by atoms with van der Waals surface area (Å²) in [5, 5.41) is 0. The first-order valence-electron chi connectivity index (χ1n) is 6.69. The van der Waals surface area contributed by atoms with E-state index in [9.17, 15) is 0 Å². The van der Waals surface area contributed by atoms with E-state index in [0.29, 0.717) is 0 Å². The van der Waals surface area contributed by atoms with Crippen LogP contribution in [0.25, 0.3) is 0 Å². The van der Waals surface area contributed by atoms with Crippen molar-refractivity contribution in [2.75, 3.05) is 0 Å². The van der Waals surface area contributed by atoms with Crippen LogP contribution < -0.4 is 0 Å². The summed E-state index contributed by atoms with van der Waals surface area (Å²) >= 11 is 0. The van der Waals surface area contributed by atoms with Gasteiger partial charge in [-0.05, 0) is 36.6 Å². The highest BCUT2D eigenvalue weighted by Gasteiger charge is 1.98. The molecule has 19 heavy (non-hydrogen) atoms. The molecule has 96 valence electrons. The molecule has 0 saturated heterocycles. The summed E-state index contributed by atoms with van der Waals surface area (Å²) in [7, 11) is 0. The van der Waals surface area contributed by atoms with Gasteiger partial charge in [-0.1, -0.05) is 49.7 Å². The van der Waals surface area contributed by atoms with Gasteiger partial charge in [0.05, 0.1) is 11.4 Å². The summed E-state index contributed by atoms with van der Waals surface area (Å²) in [5.74, 6) is 0. The maximum Gasteiger partial charge on any atom is 0.100 e. The van der Waals surface area contributed by atoms with E-state index in [0.717, 1.165) is 17.8 Å². The summed E-state index contributed by atoms with van der Waals surface area (Å²) in [6, 6.07) is 20.7. The van der Waals surface area contributed by atoms with Crippen molar-refractivity contribution in [1.29, 1.82) is 0 Å². The molecule has 0 amide bonds. The standard InChI is InChI=1S/C17H18N2/c1-2-3-9-15-10-7-8-13-17(15)19-14-18-16-11-5-4-6-12-16/h4-8,10-13H,2-3,9H2,1H3. The van der Waals surface area contributed by atoms with Crippen molar-refractivity contribution in [2.24, 2.45) is 9.98 Å². The third-order valence-corrected chi connectivity index (χ3v) is 2.90. The SMILES string of the molecule is CCCCc1ccccc1N=C=Nc1ccccc1. The highest BCUT2D eigenvalue weighted by molar-refractivity contribution is 5.59. The van der Waals surface area contributed by atoms with Crippen LogP contribution in [0.3, 0.4) is 0 Å². The number of nitrogens with zero attached hydrogens (tertiary/aromatic N) is 2. The Kier molecular flexibility index (Phi) is 5.09. The average molecular weight is 250 g/mol. The molecule has 0 saturated carbocycles. The first kappa shape index (κ1) is 13.3. The lowest BCUT2D eigenvalue weighted by Gasteiger charge is -2.02. The molecule has 0 aliphatic carbocycles. The zero-order valence-corrected chi connectivity index (χ0v) is 11.2. The normalized spacial score (nSPS) is 9.74. The Morgan fingerprint density at radius 1 is 0.895 bits per heavy atom. The van der Waals surface area contributed by atoms with Gasteiger partial charge in [0.15, 0.2) is 0 Å². The number of para-hydroxylation sites is 2. The van der Waals surface area contributed by atoms with E-state index in [2.05, 4.69) is 35.0 Å². The predicted molar refractivity (Wildman–Crippen MR) is 80.7 cm³/mol. The summed E-state index contributed by atoms with van der Waals surface area (Å²) < 4.78 is 0. The molecule has 2 heteroatoms. The Morgan fingerprint density at radius 2 is 1.63 bits per heavy atom. The molecule has 2 aromatic carbocycles. The van der Waals surface area contributed by atoms with Gasteiger partial charge >= 0.3 is 0 Å². The van der Waals surface area contributed by atoms with Crippen molar-refractivity contribution in [1.82, 2.24) is 0 Å². The second-order valence-corrected chi connectivity index (χ2v) is 4.39. The molecule has 0 spiro atoms. The minimum Gasteiger partial charge on any atom is -0.188 e. The summed E-state index contributed by atoms with van der Waals surface area (Å²) in [6.07, 6.45) is 3.43. The number of aliphatic imine (C=N–C) groups is 2. The fourth-order valence-corrected chi connectivity index (χ4v) is 1.84. The van der Waals surface area contributed by atoms with E-state index in [1.807, 2.05) is 42.5 Å². The van der Waals surface area contributed by atoms with Crippen LogP contribution in [0.2, 0.25) is 0 Å². The largest absolute Gasteiger partial charge is 0.188 e. The third kappa shape index (κ3) is 4.20. The van der Waals surface area contributed by atoms with Crippen molar-refractivity contribution < 1.29 is 0 Å². The zero-order chi connectivity index (χ0) is 13.3. The second-order valence-electron chi connectivity index (χ2n) is 4.39. The van der Waals surface area contributed by atoms with Crippen molar-refractivity contribution in [2.45, 2.75) is 26.2 Å². The maximum absolute atomic E-state index is 4.34. The highest BCUT2D eigenvalue weighted by Crippen LogP contribution is 2.20. The van der Waals surface area contributed by atoms with Gasteiger partial charge < -0.3 is 0 Å². The molecule has 2 aromatic rings. The van der Waals surface area contributed by atoms with Crippen LogP contribution in [0.4, 0.5) is 11.4 Å². The van der Waals surface area contributed by atoms with Gasteiger partial charge in [0.1, 0.15) is 6.01 Å². The van der Waals surface area contributed by atoms with E-state index in [4.69, 9.17) is 0 Å². The zero-order valence-electron chi connectivity index (χ0n) is 11.2. The average Bonchev–Trinajstić information content (AvgIpc) is 2.47. The lowest BCUT2D eigenvalue weighted by atomic mass is 10.1. The molecule has 0 unspecified atom stereocenters. The van der Waals surface area contributed by atoms with E-state index < -0.39 is 0 Å².